The lowest BCUT2D eigenvalue weighted by Gasteiger charge is -2.09. The SMILES string of the molecule is Cc1cccc(S(=O)(=O)Nc2ccc(NCc3ccncc3)cn2)c1. The van der Waals surface area contributed by atoms with Gasteiger partial charge >= 0.3 is 0 Å². The number of anilines is 2. The molecule has 0 atom stereocenters. The number of pyridine rings is 2. The number of rotatable bonds is 6. The number of aryl methyl sites for hydroxylation is 1. The highest BCUT2D eigenvalue weighted by molar-refractivity contribution is 7.92. The Morgan fingerprint density at radius 2 is 1.84 bits per heavy atom. The van der Waals surface area contributed by atoms with Gasteiger partial charge in [0.2, 0.25) is 0 Å². The van der Waals surface area contributed by atoms with Crippen LogP contribution in [0, 0.1) is 6.92 Å². The quantitative estimate of drug-likeness (QED) is 0.710. The predicted molar refractivity (Wildman–Crippen MR) is 97.8 cm³/mol. The van der Waals surface area contributed by atoms with Crippen molar-refractivity contribution in [2.24, 2.45) is 0 Å². The van der Waals surface area contributed by atoms with Crippen molar-refractivity contribution >= 4 is 21.5 Å². The zero-order valence-corrected chi connectivity index (χ0v) is 14.5. The Balaban J connectivity index is 1.66. The summed E-state index contributed by atoms with van der Waals surface area (Å²) in [5.41, 5.74) is 2.78. The minimum absolute atomic E-state index is 0.217. The summed E-state index contributed by atoms with van der Waals surface area (Å²) in [6, 6.07) is 14.0. The van der Waals surface area contributed by atoms with Crippen LogP contribution in [0.5, 0.6) is 0 Å². The van der Waals surface area contributed by atoms with Gasteiger partial charge in [-0.2, -0.15) is 0 Å². The maximum atomic E-state index is 12.4. The molecule has 0 unspecified atom stereocenters. The highest BCUT2D eigenvalue weighted by Gasteiger charge is 2.14. The molecule has 7 heteroatoms. The fourth-order valence-corrected chi connectivity index (χ4v) is 3.36. The number of sulfonamides is 1. The minimum atomic E-state index is -3.64. The average molecular weight is 354 g/mol. The summed E-state index contributed by atoms with van der Waals surface area (Å²) in [6.45, 7) is 2.49. The van der Waals surface area contributed by atoms with Crippen LogP contribution in [0.25, 0.3) is 0 Å². The van der Waals surface area contributed by atoms with Crippen LogP contribution >= 0.6 is 0 Å². The van der Waals surface area contributed by atoms with Crippen molar-refractivity contribution in [2.75, 3.05) is 10.0 Å². The number of hydrogen-bond donors (Lipinski definition) is 2. The van der Waals surface area contributed by atoms with Crippen LogP contribution in [-0.2, 0) is 16.6 Å². The van der Waals surface area contributed by atoms with Crippen LogP contribution in [0.4, 0.5) is 11.5 Å². The molecule has 0 bridgehead atoms. The van der Waals surface area contributed by atoms with E-state index in [0.29, 0.717) is 6.54 Å². The molecule has 0 saturated carbocycles. The third-order valence-electron chi connectivity index (χ3n) is 3.55. The molecule has 0 spiro atoms. The second-order valence-corrected chi connectivity index (χ2v) is 7.25. The first-order valence-corrected chi connectivity index (χ1v) is 9.19. The lowest BCUT2D eigenvalue weighted by atomic mass is 10.2. The van der Waals surface area contributed by atoms with Crippen molar-refractivity contribution in [3.63, 3.8) is 0 Å². The van der Waals surface area contributed by atoms with Crippen molar-refractivity contribution in [3.8, 4) is 0 Å². The molecule has 0 radical (unpaired) electrons. The number of nitrogens with zero attached hydrogens (tertiary/aromatic N) is 2. The molecule has 2 heterocycles. The fourth-order valence-electron chi connectivity index (χ4n) is 2.24. The Morgan fingerprint density at radius 1 is 1.04 bits per heavy atom. The third-order valence-corrected chi connectivity index (χ3v) is 4.90. The van der Waals surface area contributed by atoms with Crippen molar-refractivity contribution < 1.29 is 8.42 Å². The highest BCUT2D eigenvalue weighted by Crippen LogP contribution is 2.17. The van der Waals surface area contributed by atoms with Gasteiger partial charge in [-0.25, -0.2) is 13.4 Å². The number of hydrogen-bond acceptors (Lipinski definition) is 5. The van der Waals surface area contributed by atoms with E-state index in [1.165, 1.54) is 0 Å². The summed E-state index contributed by atoms with van der Waals surface area (Å²) < 4.78 is 27.2. The molecule has 0 aliphatic rings. The fraction of sp³-hybridized carbons (Fsp3) is 0.111. The Hall–Kier alpha value is -2.93. The van der Waals surface area contributed by atoms with Gasteiger partial charge in [-0.15, -0.1) is 0 Å². The van der Waals surface area contributed by atoms with Gasteiger partial charge in [-0.05, 0) is 54.4 Å². The van der Waals surface area contributed by atoms with E-state index in [4.69, 9.17) is 0 Å². The highest BCUT2D eigenvalue weighted by atomic mass is 32.2. The van der Waals surface area contributed by atoms with Gasteiger partial charge in [0.1, 0.15) is 5.82 Å². The van der Waals surface area contributed by atoms with Gasteiger partial charge in [-0.1, -0.05) is 12.1 Å². The molecule has 25 heavy (non-hydrogen) atoms. The van der Waals surface area contributed by atoms with E-state index >= 15 is 0 Å². The van der Waals surface area contributed by atoms with E-state index in [1.807, 2.05) is 25.1 Å². The molecule has 2 aromatic heterocycles. The molecule has 6 nitrogen and oxygen atoms in total. The van der Waals surface area contributed by atoms with E-state index < -0.39 is 10.0 Å². The molecule has 0 aliphatic carbocycles. The first kappa shape index (κ1) is 16.9. The van der Waals surface area contributed by atoms with Gasteiger partial charge in [0, 0.05) is 18.9 Å². The van der Waals surface area contributed by atoms with E-state index in [2.05, 4.69) is 20.0 Å². The van der Waals surface area contributed by atoms with Crippen LogP contribution in [-0.4, -0.2) is 18.4 Å². The van der Waals surface area contributed by atoms with Gasteiger partial charge in [0.15, 0.2) is 0 Å². The molecule has 0 amide bonds. The summed E-state index contributed by atoms with van der Waals surface area (Å²) >= 11 is 0. The summed E-state index contributed by atoms with van der Waals surface area (Å²) in [4.78, 5) is 8.35. The Bertz CT molecular complexity index is 942. The van der Waals surface area contributed by atoms with E-state index in [9.17, 15) is 8.42 Å². The van der Waals surface area contributed by atoms with Gasteiger partial charge in [0.25, 0.3) is 10.0 Å². The standard InChI is InChI=1S/C18H18N4O2S/c1-14-3-2-4-17(11-14)25(23,24)22-18-6-5-16(13-21-18)20-12-15-7-9-19-10-8-15/h2-11,13,20H,12H2,1H3,(H,21,22). The van der Waals surface area contributed by atoms with Crippen LogP contribution < -0.4 is 10.0 Å². The molecule has 3 rings (SSSR count). The molecular weight excluding hydrogens is 336 g/mol. The third kappa shape index (κ3) is 4.54. The molecule has 0 aliphatic heterocycles. The second-order valence-electron chi connectivity index (χ2n) is 5.56. The van der Waals surface area contributed by atoms with E-state index in [1.54, 1.807) is 48.9 Å². The van der Waals surface area contributed by atoms with Gasteiger partial charge < -0.3 is 5.32 Å². The second kappa shape index (κ2) is 7.31. The number of aromatic nitrogens is 2. The number of benzene rings is 1. The lowest BCUT2D eigenvalue weighted by Crippen LogP contribution is -2.14. The first-order valence-electron chi connectivity index (χ1n) is 7.71. The first-order chi connectivity index (χ1) is 12.0. The summed E-state index contributed by atoms with van der Waals surface area (Å²) in [5.74, 6) is 0.274. The van der Waals surface area contributed by atoms with Gasteiger partial charge in [-0.3, -0.25) is 9.71 Å². The zero-order chi connectivity index (χ0) is 17.7. The molecule has 128 valence electrons. The smallest absolute Gasteiger partial charge is 0.263 e. The van der Waals surface area contributed by atoms with Crippen molar-refractivity contribution in [2.45, 2.75) is 18.4 Å². The van der Waals surface area contributed by atoms with Crippen LogP contribution in [0.2, 0.25) is 0 Å². The average Bonchev–Trinajstić information content (AvgIpc) is 2.62. The van der Waals surface area contributed by atoms with Crippen molar-refractivity contribution in [1.82, 2.24) is 9.97 Å². The molecule has 0 fully saturated rings. The summed E-state index contributed by atoms with van der Waals surface area (Å²) in [6.07, 6.45) is 5.06. The number of nitrogens with one attached hydrogen (secondary N) is 2. The molecular formula is C18H18N4O2S. The molecule has 3 aromatic rings. The predicted octanol–water partition coefficient (Wildman–Crippen LogP) is 3.20. The topological polar surface area (TPSA) is 84.0 Å². The maximum Gasteiger partial charge on any atom is 0.263 e. The zero-order valence-electron chi connectivity index (χ0n) is 13.7. The van der Waals surface area contributed by atoms with Crippen LogP contribution in [0.1, 0.15) is 11.1 Å². The van der Waals surface area contributed by atoms with E-state index in [-0.39, 0.29) is 10.7 Å². The van der Waals surface area contributed by atoms with Crippen LogP contribution in [0.15, 0.2) is 72.0 Å². The normalized spacial score (nSPS) is 11.1. The monoisotopic (exact) mass is 354 g/mol. The van der Waals surface area contributed by atoms with Gasteiger partial charge in [0.05, 0.1) is 16.8 Å². The molecule has 0 saturated heterocycles. The Labute approximate surface area is 147 Å². The van der Waals surface area contributed by atoms with Crippen molar-refractivity contribution in [3.05, 3.63) is 78.2 Å². The summed E-state index contributed by atoms with van der Waals surface area (Å²) in [5, 5.41) is 3.22. The Morgan fingerprint density at radius 3 is 2.52 bits per heavy atom. The van der Waals surface area contributed by atoms with Crippen molar-refractivity contribution in [1.29, 1.82) is 0 Å². The molecule has 2 N–H and O–H groups in total. The molecule has 1 aromatic carbocycles. The lowest BCUT2D eigenvalue weighted by molar-refractivity contribution is 0.601. The Kier molecular flexibility index (Phi) is 4.95. The minimum Gasteiger partial charge on any atom is -0.380 e. The van der Waals surface area contributed by atoms with E-state index in [0.717, 1.165) is 16.8 Å². The maximum absolute atomic E-state index is 12.4. The summed E-state index contributed by atoms with van der Waals surface area (Å²) in [7, 11) is -3.64. The largest absolute Gasteiger partial charge is 0.380 e. The van der Waals surface area contributed by atoms with Crippen LogP contribution in [0.3, 0.4) is 0 Å².